The Morgan fingerprint density at radius 2 is 1.78 bits per heavy atom. The summed E-state index contributed by atoms with van der Waals surface area (Å²) in [5.41, 5.74) is 3.28. The third-order valence-corrected chi connectivity index (χ3v) is 6.50. The lowest BCUT2D eigenvalue weighted by atomic mass is 9.98. The predicted molar refractivity (Wildman–Crippen MR) is 120 cm³/mol. The topological polar surface area (TPSA) is 108 Å². The molecule has 0 spiro atoms. The summed E-state index contributed by atoms with van der Waals surface area (Å²) in [7, 11) is 0. The van der Waals surface area contributed by atoms with Crippen molar-refractivity contribution in [1.82, 2.24) is 4.57 Å². The van der Waals surface area contributed by atoms with E-state index in [0.717, 1.165) is 27.5 Å². The maximum Gasteiger partial charge on any atom is 0.163 e. The fourth-order valence-electron chi connectivity index (χ4n) is 4.39. The molecule has 2 aromatic carbocycles. The molecule has 168 valence electrons. The average molecular weight is 478 g/mol. The molecule has 4 N–H and O–H groups in total. The van der Waals surface area contributed by atoms with E-state index in [1.807, 2.05) is 24.3 Å². The molecule has 0 radical (unpaired) electrons. The van der Waals surface area contributed by atoms with E-state index in [1.165, 1.54) is 0 Å². The van der Waals surface area contributed by atoms with Crippen molar-refractivity contribution < 1.29 is 29.6 Å². The molecule has 0 unspecified atom stereocenters. The van der Waals surface area contributed by atoms with Gasteiger partial charge in [-0.25, -0.2) is 0 Å². The fourth-order valence-corrected chi connectivity index (χ4v) is 4.99. The summed E-state index contributed by atoms with van der Waals surface area (Å²) in [6.07, 6.45) is -2.51. The van der Waals surface area contributed by atoms with Crippen molar-refractivity contribution in [3.05, 3.63) is 70.0 Å². The standard InChI is InChI=1S/C23H21Cl2NO6/c24-14-7-15(25)19-13(6-11-1-2-17-12(5-11)3-4-31-17)9-26(16(19)8-14)23-22(30)21(29)20(28)18(10-27)32-23/h1-5,7-9,18,20-23,27-30H,6,10H2/t18-,20-,21+,22-,23-/m1/s1. The van der Waals surface area contributed by atoms with E-state index in [1.54, 1.807) is 29.2 Å². The molecule has 1 aliphatic heterocycles. The number of fused-ring (bicyclic) bond motifs is 2. The number of aliphatic hydroxyl groups is 4. The normalized spacial score (nSPS) is 26.2. The van der Waals surface area contributed by atoms with Crippen molar-refractivity contribution >= 4 is 45.1 Å². The van der Waals surface area contributed by atoms with E-state index in [-0.39, 0.29) is 0 Å². The molecule has 1 saturated heterocycles. The minimum Gasteiger partial charge on any atom is -0.464 e. The van der Waals surface area contributed by atoms with Crippen LogP contribution in [0.2, 0.25) is 10.0 Å². The van der Waals surface area contributed by atoms with Gasteiger partial charge < -0.3 is 34.1 Å². The molecule has 3 heterocycles. The summed E-state index contributed by atoms with van der Waals surface area (Å²) < 4.78 is 12.8. The highest BCUT2D eigenvalue weighted by atomic mass is 35.5. The van der Waals surface area contributed by atoms with Gasteiger partial charge in [0, 0.05) is 22.0 Å². The molecule has 1 fully saturated rings. The van der Waals surface area contributed by atoms with Crippen LogP contribution >= 0.6 is 23.2 Å². The summed E-state index contributed by atoms with van der Waals surface area (Å²) in [4.78, 5) is 0. The highest BCUT2D eigenvalue weighted by Gasteiger charge is 2.44. The number of hydrogen-bond donors (Lipinski definition) is 4. The Morgan fingerprint density at radius 1 is 0.969 bits per heavy atom. The van der Waals surface area contributed by atoms with E-state index >= 15 is 0 Å². The van der Waals surface area contributed by atoms with Crippen molar-refractivity contribution in [1.29, 1.82) is 0 Å². The predicted octanol–water partition coefficient (Wildman–Crippen LogP) is 3.26. The number of benzene rings is 2. The monoisotopic (exact) mass is 477 g/mol. The molecule has 32 heavy (non-hydrogen) atoms. The Labute approximate surface area is 193 Å². The Kier molecular flexibility index (Phi) is 5.67. The van der Waals surface area contributed by atoms with E-state index in [2.05, 4.69) is 0 Å². The second-order valence-corrected chi connectivity index (χ2v) is 8.88. The molecule has 2 aromatic heterocycles. The smallest absolute Gasteiger partial charge is 0.163 e. The van der Waals surface area contributed by atoms with Gasteiger partial charge in [0.25, 0.3) is 0 Å². The zero-order valence-corrected chi connectivity index (χ0v) is 18.2. The lowest BCUT2D eigenvalue weighted by molar-refractivity contribution is -0.250. The lowest BCUT2D eigenvalue weighted by Gasteiger charge is -2.40. The maximum absolute atomic E-state index is 10.7. The van der Waals surface area contributed by atoms with E-state index in [4.69, 9.17) is 32.4 Å². The van der Waals surface area contributed by atoms with Gasteiger partial charge >= 0.3 is 0 Å². The van der Waals surface area contributed by atoms with Gasteiger partial charge in [0.2, 0.25) is 0 Å². The number of aromatic nitrogens is 1. The minimum absolute atomic E-state index is 0.401. The number of aliphatic hydroxyl groups excluding tert-OH is 4. The molecular weight excluding hydrogens is 457 g/mol. The maximum atomic E-state index is 10.7. The summed E-state index contributed by atoms with van der Waals surface area (Å²) in [6.45, 7) is -0.514. The molecule has 0 aliphatic carbocycles. The molecule has 7 nitrogen and oxygen atoms in total. The first-order valence-corrected chi connectivity index (χ1v) is 10.9. The Morgan fingerprint density at radius 3 is 2.56 bits per heavy atom. The van der Waals surface area contributed by atoms with Crippen LogP contribution in [0.15, 0.2) is 53.3 Å². The Bertz CT molecular complexity index is 1280. The number of hydrogen-bond acceptors (Lipinski definition) is 6. The van der Waals surface area contributed by atoms with Crippen LogP contribution in [0.4, 0.5) is 0 Å². The fraction of sp³-hybridized carbons (Fsp3) is 0.304. The quantitative estimate of drug-likeness (QED) is 0.359. The SMILES string of the molecule is OC[C@H]1O[C@@H](n2cc(Cc3ccc4occc4c3)c3c(Cl)cc(Cl)cc32)[C@H](O)[C@@H](O)[C@@H]1O. The second kappa shape index (κ2) is 8.35. The van der Waals surface area contributed by atoms with Gasteiger partial charge in [-0.1, -0.05) is 29.3 Å². The summed E-state index contributed by atoms with van der Waals surface area (Å²) in [5.74, 6) is 0. The van der Waals surface area contributed by atoms with Crippen molar-refractivity contribution in [3.8, 4) is 0 Å². The van der Waals surface area contributed by atoms with Crippen molar-refractivity contribution in [3.63, 3.8) is 0 Å². The minimum atomic E-state index is -1.50. The number of rotatable bonds is 4. The first-order chi connectivity index (χ1) is 15.4. The first kappa shape index (κ1) is 21.7. The van der Waals surface area contributed by atoms with Crippen molar-refractivity contribution in [2.45, 2.75) is 37.1 Å². The highest BCUT2D eigenvalue weighted by Crippen LogP contribution is 2.38. The largest absolute Gasteiger partial charge is 0.464 e. The molecule has 5 rings (SSSR count). The van der Waals surface area contributed by atoms with E-state index < -0.39 is 37.3 Å². The van der Waals surface area contributed by atoms with Gasteiger partial charge in [0.05, 0.1) is 23.4 Å². The third-order valence-electron chi connectivity index (χ3n) is 5.98. The molecular formula is C23H21Cl2NO6. The van der Waals surface area contributed by atoms with Gasteiger partial charge in [-0.3, -0.25) is 0 Å². The summed E-state index contributed by atoms with van der Waals surface area (Å²) in [6, 6.07) is 11.1. The van der Waals surface area contributed by atoms with Crippen LogP contribution in [-0.4, -0.2) is 56.0 Å². The van der Waals surface area contributed by atoms with Crippen LogP contribution in [0, 0.1) is 0 Å². The molecule has 1 aliphatic rings. The molecule has 0 saturated carbocycles. The first-order valence-electron chi connectivity index (χ1n) is 10.1. The molecule has 4 aromatic rings. The van der Waals surface area contributed by atoms with Gasteiger partial charge in [-0.15, -0.1) is 0 Å². The molecule has 0 amide bonds. The molecule has 0 bridgehead atoms. The van der Waals surface area contributed by atoms with E-state index in [0.29, 0.717) is 22.0 Å². The van der Waals surface area contributed by atoms with Gasteiger partial charge in [-0.2, -0.15) is 0 Å². The average Bonchev–Trinajstić information content (AvgIpc) is 3.37. The summed E-state index contributed by atoms with van der Waals surface area (Å²) in [5, 5.41) is 43.2. The van der Waals surface area contributed by atoms with Crippen LogP contribution in [-0.2, 0) is 11.2 Å². The molecule has 9 heteroatoms. The number of ether oxygens (including phenoxy) is 1. The van der Waals surface area contributed by atoms with Crippen LogP contribution in [0.5, 0.6) is 0 Å². The zero-order chi connectivity index (χ0) is 22.6. The van der Waals surface area contributed by atoms with Gasteiger partial charge in [0.1, 0.15) is 30.0 Å². The number of halogens is 2. The Hall–Kier alpha value is -2.10. The lowest BCUT2D eigenvalue weighted by Crippen LogP contribution is -2.56. The summed E-state index contributed by atoms with van der Waals surface area (Å²) >= 11 is 12.8. The Balaban J connectivity index is 1.62. The van der Waals surface area contributed by atoms with Gasteiger partial charge in [-0.05, 0) is 47.9 Å². The van der Waals surface area contributed by atoms with Gasteiger partial charge in [0.15, 0.2) is 6.23 Å². The number of furan rings is 1. The molecule has 5 atom stereocenters. The third kappa shape index (κ3) is 3.60. The zero-order valence-electron chi connectivity index (χ0n) is 16.7. The highest BCUT2D eigenvalue weighted by molar-refractivity contribution is 6.38. The van der Waals surface area contributed by atoms with Crippen LogP contribution in [0.1, 0.15) is 17.4 Å². The van der Waals surface area contributed by atoms with Crippen molar-refractivity contribution in [2.75, 3.05) is 6.61 Å². The second-order valence-electron chi connectivity index (χ2n) is 8.03. The van der Waals surface area contributed by atoms with Crippen LogP contribution in [0.3, 0.4) is 0 Å². The number of nitrogens with zero attached hydrogens (tertiary/aromatic N) is 1. The van der Waals surface area contributed by atoms with Crippen molar-refractivity contribution in [2.24, 2.45) is 0 Å². The van der Waals surface area contributed by atoms with Crippen LogP contribution < -0.4 is 0 Å². The van der Waals surface area contributed by atoms with E-state index in [9.17, 15) is 20.4 Å². The van der Waals surface area contributed by atoms with Crippen LogP contribution in [0.25, 0.3) is 21.9 Å².